The third-order valence-electron chi connectivity index (χ3n) is 3.95. The monoisotopic (exact) mass is 268 g/mol. The van der Waals surface area contributed by atoms with Crippen LogP contribution in [0.15, 0.2) is 0 Å². The third-order valence-corrected chi connectivity index (χ3v) is 4.60. The van der Waals surface area contributed by atoms with Crippen molar-refractivity contribution in [1.82, 2.24) is 9.36 Å². The van der Waals surface area contributed by atoms with Crippen LogP contribution in [0.1, 0.15) is 58.2 Å². The van der Waals surface area contributed by atoms with Gasteiger partial charge in [-0.25, -0.2) is 4.98 Å². The van der Waals surface area contributed by atoms with Crippen molar-refractivity contribution >= 4 is 16.7 Å². The number of nitrogens with zero attached hydrogens (tertiary/aromatic N) is 2. The summed E-state index contributed by atoms with van der Waals surface area (Å²) in [5.41, 5.74) is 6.03. The summed E-state index contributed by atoms with van der Waals surface area (Å²) in [4.78, 5) is 4.56. The van der Waals surface area contributed by atoms with Crippen LogP contribution in [0.25, 0.3) is 0 Å². The third kappa shape index (κ3) is 3.01. The van der Waals surface area contributed by atoms with E-state index in [1.807, 2.05) is 0 Å². The second-order valence-electron chi connectivity index (χ2n) is 5.90. The number of nitrogens with one attached hydrogen (secondary N) is 1. The molecule has 1 aromatic rings. The molecule has 5 heteroatoms. The normalized spacial score (nSPS) is 28.6. The van der Waals surface area contributed by atoms with E-state index in [1.54, 1.807) is 0 Å². The van der Waals surface area contributed by atoms with E-state index in [4.69, 9.17) is 5.73 Å². The van der Waals surface area contributed by atoms with Crippen molar-refractivity contribution in [3.05, 3.63) is 5.82 Å². The van der Waals surface area contributed by atoms with Crippen LogP contribution in [0.4, 0.5) is 5.13 Å². The van der Waals surface area contributed by atoms with Gasteiger partial charge >= 0.3 is 0 Å². The SMILES string of the molecule is CC1CCC(CN)(Nc2nc(C(C)C)ns2)CC1. The molecule has 0 aromatic carbocycles. The molecular weight excluding hydrogens is 244 g/mol. The first-order chi connectivity index (χ1) is 8.54. The molecule has 4 nitrogen and oxygen atoms in total. The number of hydrogen-bond donors (Lipinski definition) is 2. The predicted octanol–water partition coefficient (Wildman–Crippen LogP) is 2.98. The average molecular weight is 268 g/mol. The van der Waals surface area contributed by atoms with E-state index in [-0.39, 0.29) is 5.54 Å². The summed E-state index contributed by atoms with van der Waals surface area (Å²) in [6, 6.07) is 0. The van der Waals surface area contributed by atoms with Gasteiger partial charge in [-0.1, -0.05) is 20.8 Å². The summed E-state index contributed by atoms with van der Waals surface area (Å²) in [5, 5.41) is 4.49. The maximum Gasteiger partial charge on any atom is 0.203 e. The van der Waals surface area contributed by atoms with Crippen molar-refractivity contribution in [2.24, 2.45) is 11.7 Å². The van der Waals surface area contributed by atoms with Crippen molar-refractivity contribution in [3.8, 4) is 0 Å². The van der Waals surface area contributed by atoms with Gasteiger partial charge in [0.05, 0.1) is 5.54 Å². The Bertz CT molecular complexity index is 380. The molecule has 102 valence electrons. The Morgan fingerprint density at radius 1 is 1.44 bits per heavy atom. The van der Waals surface area contributed by atoms with Crippen LogP contribution in [-0.4, -0.2) is 21.4 Å². The van der Waals surface area contributed by atoms with Crippen LogP contribution in [0.3, 0.4) is 0 Å². The summed E-state index contributed by atoms with van der Waals surface area (Å²) in [5.74, 6) is 2.14. The largest absolute Gasteiger partial charge is 0.354 e. The molecular formula is C13H24N4S. The van der Waals surface area contributed by atoms with Gasteiger partial charge in [-0.05, 0) is 31.6 Å². The van der Waals surface area contributed by atoms with Crippen molar-refractivity contribution in [1.29, 1.82) is 0 Å². The highest BCUT2D eigenvalue weighted by Crippen LogP contribution is 2.34. The maximum absolute atomic E-state index is 5.99. The number of anilines is 1. The Morgan fingerprint density at radius 3 is 2.61 bits per heavy atom. The maximum atomic E-state index is 5.99. The molecule has 0 bridgehead atoms. The summed E-state index contributed by atoms with van der Waals surface area (Å²) in [7, 11) is 0. The quantitative estimate of drug-likeness (QED) is 0.881. The van der Waals surface area contributed by atoms with Crippen LogP contribution < -0.4 is 11.1 Å². The molecule has 0 radical (unpaired) electrons. The number of aromatic nitrogens is 2. The Balaban J connectivity index is 2.05. The Kier molecular flexibility index (Phi) is 4.22. The fourth-order valence-electron chi connectivity index (χ4n) is 2.44. The average Bonchev–Trinajstić information content (AvgIpc) is 2.81. The van der Waals surface area contributed by atoms with Gasteiger partial charge in [0.2, 0.25) is 5.13 Å². The Hall–Kier alpha value is -0.680. The molecule has 1 aromatic heterocycles. The highest BCUT2D eigenvalue weighted by molar-refractivity contribution is 7.09. The van der Waals surface area contributed by atoms with Gasteiger partial charge in [-0.3, -0.25) is 0 Å². The van der Waals surface area contributed by atoms with Crippen LogP contribution in [-0.2, 0) is 0 Å². The molecule has 0 saturated heterocycles. The van der Waals surface area contributed by atoms with Gasteiger partial charge in [-0.2, -0.15) is 4.37 Å². The second-order valence-corrected chi connectivity index (χ2v) is 6.66. The van der Waals surface area contributed by atoms with Gasteiger partial charge in [0.1, 0.15) is 5.82 Å². The van der Waals surface area contributed by atoms with Crippen molar-refractivity contribution in [2.75, 3.05) is 11.9 Å². The highest BCUT2D eigenvalue weighted by Gasteiger charge is 2.33. The molecule has 1 heterocycles. The molecule has 0 aliphatic heterocycles. The van der Waals surface area contributed by atoms with E-state index in [0.717, 1.165) is 29.7 Å². The van der Waals surface area contributed by atoms with E-state index in [9.17, 15) is 0 Å². The number of nitrogens with two attached hydrogens (primary N) is 1. The molecule has 1 fully saturated rings. The lowest BCUT2D eigenvalue weighted by Crippen LogP contribution is -2.48. The van der Waals surface area contributed by atoms with Crippen LogP contribution in [0.2, 0.25) is 0 Å². The van der Waals surface area contributed by atoms with Crippen LogP contribution in [0.5, 0.6) is 0 Å². The predicted molar refractivity (Wildman–Crippen MR) is 77.0 cm³/mol. The minimum Gasteiger partial charge on any atom is -0.354 e. The lowest BCUT2D eigenvalue weighted by Gasteiger charge is -2.39. The van der Waals surface area contributed by atoms with Gasteiger partial charge in [0.25, 0.3) is 0 Å². The zero-order chi connectivity index (χ0) is 13.2. The van der Waals surface area contributed by atoms with Crippen LogP contribution >= 0.6 is 11.5 Å². The van der Waals surface area contributed by atoms with Crippen molar-refractivity contribution in [2.45, 2.75) is 57.9 Å². The molecule has 0 unspecified atom stereocenters. The summed E-state index contributed by atoms with van der Waals surface area (Å²) in [6.07, 6.45) is 4.78. The second kappa shape index (κ2) is 5.53. The zero-order valence-electron chi connectivity index (χ0n) is 11.6. The number of rotatable bonds is 4. The van der Waals surface area contributed by atoms with Crippen LogP contribution in [0, 0.1) is 5.92 Å². The lowest BCUT2D eigenvalue weighted by molar-refractivity contribution is 0.271. The minimum atomic E-state index is 0.0420. The molecule has 0 spiro atoms. The molecule has 1 aliphatic rings. The molecule has 3 N–H and O–H groups in total. The first-order valence-electron chi connectivity index (χ1n) is 6.86. The fourth-order valence-corrected chi connectivity index (χ4v) is 3.27. The smallest absolute Gasteiger partial charge is 0.203 e. The molecule has 2 rings (SSSR count). The lowest BCUT2D eigenvalue weighted by atomic mass is 9.77. The molecule has 0 amide bonds. The summed E-state index contributed by atoms with van der Waals surface area (Å²) < 4.78 is 4.39. The molecule has 1 aliphatic carbocycles. The summed E-state index contributed by atoms with van der Waals surface area (Å²) in [6.45, 7) is 7.23. The first-order valence-corrected chi connectivity index (χ1v) is 7.64. The zero-order valence-corrected chi connectivity index (χ0v) is 12.4. The summed E-state index contributed by atoms with van der Waals surface area (Å²) >= 11 is 1.46. The van der Waals surface area contributed by atoms with Gasteiger partial charge in [0.15, 0.2) is 0 Å². The van der Waals surface area contributed by atoms with E-state index in [1.165, 1.54) is 24.4 Å². The van der Waals surface area contributed by atoms with Crippen molar-refractivity contribution < 1.29 is 0 Å². The van der Waals surface area contributed by atoms with E-state index in [2.05, 4.69) is 35.4 Å². The van der Waals surface area contributed by atoms with E-state index >= 15 is 0 Å². The highest BCUT2D eigenvalue weighted by atomic mass is 32.1. The Morgan fingerprint density at radius 2 is 2.11 bits per heavy atom. The van der Waals surface area contributed by atoms with Gasteiger partial charge in [0, 0.05) is 24.0 Å². The molecule has 0 atom stereocenters. The molecule has 18 heavy (non-hydrogen) atoms. The Labute approximate surface area is 114 Å². The van der Waals surface area contributed by atoms with Gasteiger partial charge in [-0.15, -0.1) is 0 Å². The van der Waals surface area contributed by atoms with Crippen molar-refractivity contribution in [3.63, 3.8) is 0 Å². The number of hydrogen-bond acceptors (Lipinski definition) is 5. The minimum absolute atomic E-state index is 0.0420. The van der Waals surface area contributed by atoms with E-state index in [0.29, 0.717) is 12.5 Å². The van der Waals surface area contributed by atoms with Gasteiger partial charge < -0.3 is 11.1 Å². The fraction of sp³-hybridized carbons (Fsp3) is 0.846. The molecule has 1 saturated carbocycles. The topological polar surface area (TPSA) is 63.8 Å². The standard InChI is InChI=1S/C13H24N4S/c1-9(2)11-15-12(18-17-11)16-13(8-14)6-4-10(3)5-7-13/h9-10H,4-8,14H2,1-3H3,(H,15,16,17). The van der Waals surface area contributed by atoms with E-state index < -0.39 is 0 Å². The first kappa shape index (κ1) is 13.7.